The number of benzene rings is 1. The van der Waals surface area contributed by atoms with Crippen molar-refractivity contribution >= 4 is 49.9 Å². The highest BCUT2D eigenvalue weighted by atomic mass is 79.9. The quantitative estimate of drug-likeness (QED) is 0.693. The summed E-state index contributed by atoms with van der Waals surface area (Å²) in [4.78, 5) is 18.4. The number of fused-ring (bicyclic) bond motifs is 1. The van der Waals surface area contributed by atoms with Crippen LogP contribution in [0.5, 0.6) is 0 Å². The lowest BCUT2D eigenvalue weighted by Gasteiger charge is -2.07. The first-order chi connectivity index (χ1) is 10.1. The van der Waals surface area contributed by atoms with Crippen molar-refractivity contribution in [1.29, 1.82) is 0 Å². The number of aryl methyl sites for hydroxylation is 1. The summed E-state index contributed by atoms with van der Waals surface area (Å²) in [5, 5.41) is 1.78. The Kier molecular flexibility index (Phi) is 4.14. The van der Waals surface area contributed by atoms with Gasteiger partial charge in [-0.2, -0.15) is 0 Å². The molecule has 21 heavy (non-hydrogen) atoms. The molecular weight excluding hydrogens is 381 g/mol. The van der Waals surface area contributed by atoms with E-state index in [1.54, 1.807) is 11.4 Å². The number of hydrogen-bond donors (Lipinski definition) is 1. The molecule has 0 saturated heterocycles. The minimum Gasteiger partial charge on any atom is -0.322 e. The van der Waals surface area contributed by atoms with Gasteiger partial charge in [-0.25, -0.2) is 9.37 Å². The van der Waals surface area contributed by atoms with Crippen molar-refractivity contribution in [2.24, 2.45) is 0 Å². The number of imidazole rings is 1. The van der Waals surface area contributed by atoms with Crippen LogP contribution in [0.2, 0.25) is 0 Å². The van der Waals surface area contributed by atoms with Gasteiger partial charge in [0.05, 0.1) is 22.1 Å². The summed E-state index contributed by atoms with van der Waals surface area (Å²) in [6.07, 6.45) is 0.573. The van der Waals surface area contributed by atoms with Crippen LogP contribution in [0.4, 0.5) is 4.39 Å². The molecule has 4 nitrogen and oxygen atoms in total. The van der Waals surface area contributed by atoms with E-state index in [-0.39, 0.29) is 10.7 Å². The van der Waals surface area contributed by atoms with Crippen LogP contribution in [0.3, 0.4) is 0 Å². The molecule has 110 valence electrons. The number of aromatic nitrogens is 3. The molecule has 0 atom stereocenters. The monoisotopic (exact) mass is 389 g/mol. The van der Waals surface area contributed by atoms with Crippen molar-refractivity contribution < 1.29 is 4.39 Å². The minimum absolute atomic E-state index is 0.0967. The molecule has 8 heteroatoms. The number of halogens is 3. The minimum atomic E-state index is -0.353. The van der Waals surface area contributed by atoms with Gasteiger partial charge < -0.3 is 9.55 Å². The third kappa shape index (κ3) is 2.90. The molecule has 0 aliphatic rings. The lowest BCUT2D eigenvalue weighted by atomic mass is 10.3. The third-order valence-electron chi connectivity index (χ3n) is 3.09. The van der Waals surface area contributed by atoms with Gasteiger partial charge in [0.15, 0.2) is 0 Å². The van der Waals surface area contributed by atoms with Crippen LogP contribution in [0.25, 0.3) is 11.0 Å². The third-order valence-corrected chi connectivity index (χ3v) is 4.60. The molecule has 0 amide bonds. The molecule has 0 spiro atoms. The maximum Gasteiger partial charge on any atom is 0.304 e. The second kappa shape index (κ2) is 5.90. The van der Waals surface area contributed by atoms with Crippen LogP contribution >= 0.6 is 38.9 Å². The number of H-pyrrole nitrogens is 1. The molecule has 2 heterocycles. The topological polar surface area (TPSA) is 50.7 Å². The van der Waals surface area contributed by atoms with Crippen LogP contribution in [0.1, 0.15) is 11.5 Å². The van der Waals surface area contributed by atoms with Crippen molar-refractivity contribution in [3.8, 4) is 0 Å². The van der Waals surface area contributed by atoms with Gasteiger partial charge in [0.2, 0.25) is 0 Å². The number of nitrogens with zero attached hydrogens (tertiary/aromatic N) is 2. The van der Waals surface area contributed by atoms with E-state index in [1.807, 2.05) is 4.57 Å². The van der Waals surface area contributed by atoms with E-state index >= 15 is 0 Å². The predicted octanol–water partition coefficient (Wildman–Crippen LogP) is 3.52. The number of aromatic amines is 1. The van der Waals surface area contributed by atoms with E-state index in [4.69, 9.17) is 11.6 Å². The highest BCUT2D eigenvalue weighted by Gasteiger charge is 2.14. The Morgan fingerprint density at radius 1 is 1.48 bits per heavy atom. The molecule has 0 radical (unpaired) electrons. The Morgan fingerprint density at radius 2 is 2.29 bits per heavy atom. The van der Waals surface area contributed by atoms with E-state index in [0.717, 1.165) is 28.4 Å². The summed E-state index contributed by atoms with van der Waals surface area (Å²) in [5.41, 5.74) is 2.17. The van der Waals surface area contributed by atoms with Gasteiger partial charge in [-0.05, 0) is 22.0 Å². The van der Waals surface area contributed by atoms with E-state index in [9.17, 15) is 9.18 Å². The fourth-order valence-electron chi connectivity index (χ4n) is 2.18. The van der Waals surface area contributed by atoms with Crippen LogP contribution in [0, 0.1) is 5.82 Å². The number of nitrogens with one attached hydrogen (secondary N) is 1. The second-order valence-electron chi connectivity index (χ2n) is 4.48. The average Bonchev–Trinajstić information content (AvgIpc) is 2.97. The summed E-state index contributed by atoms with van der Waals surface area (Å²) >= 11 is 10.1. The van der Waals surface area contributed by atoms with Gasteiger partial charge in [-0.3, -0.25) is 4.79 Å². The fraction of sp³-hybridized carbons (Fsp3) is 0.231. The zero-order valence-electron chi connectivity index (χ0n) is 10.7. The Balaban J connectivity index is 2.14. The van der Waals surface area contributed by atoms with Gasteiger partial charge in [0.25, 0.3) is 0 Å². The first kappa shape index (κ1) is 14.7. The number of hydrogen-bond acceptors (Lipinski definition) is 3. The SMILES string of the molecule is O=c1[nH]c(Cn2c(CCCl)nc3cc(F)c(Br)cc32)cs1. The Labute approximate surface area is 136 Å². The van der Waals surface area contributed by atoms with Crippen molar-refractivity contribution in [3.63, 3.8) is 0 Å². The van der Waals surface area contributed by atoms with E-state index < -0.39 is 0 Å². The zero-order valence-corrected chi connectivity index (χ0v) is 13.9. The van der Waals surface area contributed by atoms with Gasteiger partial charge in [0.1, 0.15) is 11.6 Å². The van der Waals surface area contributed by atoms with Gasteiger partial charge in [-0.1, -0.05) is 11.3 Å². The lowest BCUT2D eigenvalue weighted by molar-refractivity contribution is 0.622. The molecule has 1 aromatic carbocycles. The Bertz CT molecular complexity index is 857. The van der Waals surface area contributed by atoms with Crippen molar-refractivity contribution in [3.05, 3.63) is 49.0 Å². The molecule has 0 unspecified atom stereocenters. The van der Waals surface area contributed by atoms with Crippen LogP contribution in [0.15, 0.2) is 26.8 Å². The molecule has 0 aliphatic carbocycles. The first-order valence-corrected chi connectivity index (χ1v) is 8.36. The zero-order chi connectivity index (χ0) is 15.0. The molecule has 3 aromatic rings. The Morgan fingerprint density at radius 3 is 2.95 bits per heavy atom. The molecule has 3 rings (SSSR count). The molecule has 1 N–H and O–H groups in total. The van der Waals surface area contributed by atoms with Crippen molar-refractivity contribution in [1.82, 2.24) is 14.5 Å². The normalized spacial score (nSPS) is 11.4. The molecule has 0 bridgehead atoms. The average molecular weight is 391 g/mol. The van der Waals surface area contributed by atoms with Gasteiger partial charge in [-0.15, -0.1) is 11.6 Å². The standard InChI is InChI=1S/C13H10BrClFN3OS/c14-8-3-11-10(4-9(8)16)18-12(1-2-15)19(11)5-7-6-21-13(20)17-7/h3-4,6H,1-2,5H2,(H,17,20). The maximum absolute atomic E-state index is 13.6. The van der Waals surface area contributed by atoms with E-state index in [0.29, 0.717) is 28.8 Å². The summed E-state index contributed by atoms with van der Waals surface area (Å²) in [7, 11) is 0. The number of alkyl halides is 1. The largest absolute Gasteiger partial charge is 0.322 e. The van der Waals surface area contributed by atoms with Gasteiger partial charge in [0, 0.05) is 29.4 Å². The molecule has 0 aliphatic heterocycles. The van der Waals surface area contributed by atoms with Crippen LogP contribution < -0.4 is 4.87 Å². The summed E-state index contributed by atoms with van der Waals surface area (Å²) in [6, 6.07) is 3.09. The predicted molar refractivity (Wildman–Crippen MR) is 85.9 cm³/mol. The van der Waals surface area contributed by atoms with E-state index in [1.165, 1.54) is 6.07 Å². The van der Waals surface area contributed by atoms with Gasteiger partial charge >= 0.3 is 4.87 Å². The van der Waals surface area contributed by atoms with Crippen LogP contribution in [-0.2, 0) is 13.0 Å². The molecular formula is C13H10BrClFN3OS. The maximum atomic E-state index is 13.6. The smallest absolute Gasteiger partial charge is 0.304 e. The van der Waals surface area contributed by atoms with E-state index in [2.05, 4.69) is 25.9 Å². The highest BCUT2D eigenvalue weighted by Crippen LogP contribution is 2.25. The molecule has 0 fully saturated rings. The van der Waals surface area contributed by atoms with Crippen molar-refractivity contribution in [2.45, 2.75) is 13.0 Å². The number of thiazole rings is 1. The second-order valence-corrected chi connectivity index (χ2v) is 6.56. The summed E-state index contributed by atoms with van der Waals surface area (Å²) in [6.45, 7) is 0.472. The first-order valence-electron chi connectivity index (χ1n) is 6.15. The highest BCUT2D eigenvalue weighted by molar-refractivity contribution is 9.10. The molecule has 0 saturated carbocycles. The summed E-state index contributed by atoms with van der Waals surface area (Å²) in [5.74, 6) is 0.839. The Hall–Kier alpha value is -1.18. The van der Waals surface area contributed by atoms with Crippen molar-refractivity contribution in [2.75, 3.05) is 5.88 Å². The lowest BCUT2D eigenvalue weighted by Crippen LogP contribution is -2.07. The van der Waals surface area contributed by atoms with Crippen LogP contribution in [-0.4, -0.2) is 20.4 Å². The summed E-state index contributed by atoms with van der Waals surface area (Å²) < 4.78 is 16.0. The fourth-order valence-corrected chi connectivity index (χ4v) is 3.26. The number of rotatable bonds is 4. The molecule has 2 aromatic heterocycles.